The van der Waals surface area contributed by atoms with Crippen LogP contribution in [0.2, 0.25) is 5.02 Å². The zero-order chi connectivity index (χ0) is 13.2. The number of aliphatic hydroxyl groups is 1. The number of halogens is 1. The number of benzene rings is 1. The molecule has 3 rings (SSSR count). The van der Waals surface area contributed by atoms with Crippen molar-refractivity contribution in [2.24, 2.45) is 0 Å². The van der Waals surface area contributed by atoms with E-state index in [1.54, 1.807) is 0 Å². The smallest absolute Gasteiger partial charge is 0.179 e. The Morgan fingerprint density at radius 2 is 2.16 bits per heavy atom. The molecular formula is C14H18ClNO3. The molecule has 1 atom stereocenters. The summed E-state index contributed by atoms with van der Waals surface area (Å²) in [5, 5.41) is 9.95. The molecule has 0 bridgehead atoms. The molecule has 1 saturated heterocycles. The normalized spacial score (nSPS) is 22.7. The Morgan fingerprint density at radius 1 is 1.32 bits per heavy atom. The average molecular weight is 284 g/mol. The Labute approximate surface area is 117 Å². The number of hydrogen-bond acceptors (Lipinski definition) is 4. The lowest BCUT2D eigenvalue weighted by atomic mass is 10.1. The SMILES string of the molecule is OCC1CCCN1Cc1cc(Cl)c2c(c1)OCCO2. The fourth-order valence-corrected chi connectivity index (χ4v) is 3.09. The summed E-state index contributed by atoms with van der Waals surface area (Å²) in [5.41, 5.74) is 1.11. The van der Waals surface area contributed by atoms with E-state index in [1.807, 2.05) is 12.1 Å². The number of nitrogens with zero attached hydrogens (tertiary/aromatic N) is 1. The standard InChI is InChI=1S/C14H18ClNO3/c15-12-6-10(7-13-14(12)19-5-4-18-13)8-16-3-1-2-11(16)9-17/h6-7,11,17H,1-5,8-9H2. The minimum Gasteiger partial charge on any atom is -0.486 e. The lowest BCUT2D eigenvalue weighted by Crippen LogP contribution is -2.31. The second kappa shape index (κ2) is 5.57. The number of aliphatic hydroxyl groups excluding tert-OH is 1. The first-order chi connectivity index (χ1) is 9.28. The largest absolute Gasteiger partial charge is 0.486 e. The zero-order valence-electron chi connectivity index (χ0n) is 10.8. The summed E-state index contributed by atoms with van der Waals surface area (Å²) in [5.74, 6) is 1.38. The van der Waals surface area contributed by atoms with Crippen molar-refractivity contribution in [2.75, 3.05) is 26.4 Å². The van der Waals surface area contributed by atoms with Crippen LogP contribution >= 0.6 is 11.6 Å². The van der Waals surface area contributed by atoms with Crippen molar-refractivity contribution < 1.29 is 14.6 Å². The fourth-order valence-electron chi connectivity index (χ4n) is 2.80. The summed E-state index contributed by atoms with van der Waals surface area (Å²) in [6.45, 7) is 3.15. The first-order valence-electron chi connectivity index (χ1n) is 6.71. The van der Waals surface area contributed by atoms with Crippen LogP contribution in [0.15, 0.2) is 12.1 Å². The van der Waals surface area contributed by atoms with E-state index in [2.05, 4.69) is 4.90 Å². The zero-order valence-corrected chi connectivity index (χ0v) is 11.5. The Morgan fingerprint density at radius 3 is 3.00 bits per heavy atom. The molecule has 1 fully saturated rings. The van der Waals surface area contributed by atoms with Crippen LogP contribution < -0.4 is 9.47 Å². The van der Waals surface area contributed by atoms with E-state index < -0.39 is 0 Å². The molecule has 0 aromatic heterocycles. The van der Waals surface area contributed by atoms with Crippen molar-refractivity contribution in [1.29, 1.82) is 0 Å². The molecular weight excluding hydrogens is 266 g/mol. The molecule has 1 aromatic carbocycles. The highest BCUT2D eigenvalue weighted by molar-refractivity contribution is 6.32. The van der Waals surface area contributed by atoms with Gasteiger partial charge in [-0.05, 0) is 37.1 Å². The number of fused-ring (bicyclic) bond motifs is 1. The first kappa shape index (κ1) is 13.0. The van der Waals surface area contributed by atoms with Crippen LogP contribution in [0.1, 0.15) is 18.4 Å². The van der Waals surface area contributed by atoms with Gasteiger partial charge in [-0.15, -0.1) is 0 Å². The van der Waals surface area contributed by atoms with Crippen molar-refractivity contribution in [3.8, 4) is 11.5 Å². The van der Waals surface area contributed by atoms with Gasteiger partial charge in [0, 0.05) is 12.6 Å². The third kappa shape index (κ3) is 2.66. The van der Waals surface area contributed by atoms with Gasteiger partial charge < -0.3 is 14.6 Å². The molecule has 0 spiro atoms. The van der Waals surface area contributed by atoms with Crippen LogP contribution in [-0.2, 0) is 6.54 Å². The highest BCUT2D eigenvalue weighted by Gasteiger charge is 2.24. The van der Waals surface area contributed by atoms with E-state index in [-0.39, 0.29) is 12.6 Å². The fraction of sp³-hybridized carbons (Fsp3) is 0.571. The summed E-state index contributed by atoms with van der Waals surface area (Å²) in [6, 6.07) is 4.20. The second-order valence-electron chi connectivity index (χ2n) is 5.05. The number of ether oxygens (including phenoxy) is 2. The van der Waals surface area contributed by atoms with Gasteiger partial charge in [0.25, 0.3) is 0 Å². The van der Waals surface area contributed by atoms with Gasteiger partial charge in [0.2, 0.25) is 0 Å². The number of hydrogen-bond donors (Lipinski definition) is 1. The Bertz CT molecular complexity index is 466. The second-order valence-corrected chi connectivity index (χ2v) is 5.46. The molecule has 1 N–H and O–H groups in total. The van der Waals surface area contributed by atoms with Gasteiger partial charge in [-0.25, -0.2) is 0 Å². The average Bonchev–Trinajstić information content (AvgIpc) is 2.86. The van der Waals surface area contributed by atoms with Gasteiger partial charge in [-0.3, -0.25) is 4.90 Å². The lowest BCUT2D eigenvalue weighted by molar-refractivity contribution is 0.152. The van der Waals surface area contributed by atoms with Crippen molar-refractivity contribution in [1.82, 2.24) is 4.90 Å². The molecule has 0 aliphatic carbocycles. The molecule has 1 aromatic rings. The van der Waals surface area contributed by atoms with Gasteiger partial charge in [-0.2, -0.15) is 0 Å². The molecule has 104 valence electrons. The van der Waals surface area contributed by atoms with E-state index in [9.17, 15) is 5.11 Å². The maximum atomic E-state index is 9.35. The minimum atomic E-state index is 0.221. The van der Waals surface area contributed by atoms with Gasteiger partial charge in [0.05, 0.1) is 11.6 Å². The molecule has 2 aliphatic heterocycles. The monoisotopic (exact) mass is 283 g/mol. The topological polar surface area (TPSA) is 41.9 Å². The maximum absolute atomic E-state index is 9.35. The Balaban J connectivity index is 1.79. The predicted molar refractivity (Wildman–Crippen MR) is 73.0 cm³/mol. The molecule has 5 heteroatoms. The first-order valence-corrected chi connectivity index (χ1v) is 7.08. The van der Waals surface area contributed by atoms with Crippen LogP contribution in [0, 0.1) is 0 Å². The van der Waals surface area contributed by atoms with E-state index in [0.29, 0.717) is 24.0 Å². The molecule has 2 heterocycles. The summed E-state index contributed by atoms with van der Waals surface area (Å²) in [6.07, 6.45) is 2.21. The van der Waals surface area contributed by atoms with E-state index in [0.717, 1.165) is 37.2 Å². The van der Waals surface area contributed by atoms with E-state index >= 15 is 0 Å². The molecule has 4 nitrogen and oxygen atoms in total. The lowest BCUT2D eigenvalue weighted by Gasteiger charge is -2.24. The van der Waals surface area contributed by atoms with Crippen LogP contribution in [0.4, 0.5) is 0 Å². The van der Waals surface area contributed by atoms with Crippen LogP contribution in [0.3, 0.4) is 0 Å². The summed E-state index contributed by atoms with van der Waals surface area (Å²) < 4.78 is 11.1. The molecule has 2 aliphatic rings. The predicted octanol–water partition coefficient (Wildman–Crippen LogP) is 2.07. The molecule has 0 radical (unpaired) electrons. The van der Waals surface area contributed by atoms with E-state index in [4.69, 9.17) is 21.1 Å². The summed E-state index contributed by atoms with van der Waals surface area (Å²) in [4.78, 5) is 2.29. The van der Waals surface area contributed by atoms with Crippen molar-refractivity contribution in [3.05, 3.63) is 22.7 Å². The number of likely N-dealkylation sites (tertiary alicyclic amines) is 1. The van der Waals surface area contributed by atoms with Gasteiger partial charge in [0.15, 0.2) is 11.5 Å². The molecule has 19 heavy (non-hydrogen) atoms. The van der Waals surface area contributed by atoms with Crippen molar-refractivity contribution >= 4 is 11.6 Å². The van der Waals surface area contributed by atoms with Crippen LogP contribution in [-0.4, -0.2) is 42.4 Å². The Hall–Kier alpha value is -0.970. The maximum Gasteiger partial charge on any atom is 0.179 e. The van der Waals surface area contributed by atoms with E-state index in [1.165, 1.54) is 0 Å². The molecule has 0 amide bonds. The third-order valence-corrected chi connectivity index (χ3v) is 4.03. The highest BCUT2D eigenvalue weighted by Crippen LogP contribution is 2.38. The molecule has 1 unspecified atom stereocenters. The minimum absolute atomic E-state index is 0.221. The quantitative estimate of drug-likeness (QED) is 0.922. The Kier molecular flexibility index (Phi) is 3.82. The van der Waals surface area contributed by atoms with Gasteiger partial charge in [0.1, 0.15) is 13.2 Å². The molecule has 0 saturated carbocycles. The number of rotatable bonds is 3. The summed E-state index contributed by atoms with van der Waals surface area (Å²) >= 11 is 6.23. The van der Waals surface area contributed by atoms with Crippen LogP contribution in [0.25, 0.3) is 0 Å². The third-order valence-electron chi connectivity index (χ3n) is 3.75. The van der Waals surface area contributed by atoms with Crippen molar-refractivity contribution in [3.63, 3.8) is 0 Å². The summed E-state index contributed by atoms with van der Waals surface area (Å²) in [7, 11) is 0. The van der Waals surface area contributed by atoms with Crippen molar-refractivity contribution in [2.45, 2.75) is 25.4 Å². The van der Waals surface area contributed by atoms with Gasteiger partial charge in [-0.1, -0.05) is 11.6 Å². The van der Waals surface area contributed by atoms with Gasteiger partial charge >= 0.3 is 0 Å². The highest BCUT2D eigenvalue weighted by atomic mass is 35.5. The van der Waals surface area contributed by atoms with Crippen LogP contribution in [0.5, 0.6) is 11.5 Å².